The van der Waals surface area contributed by atoms with Crippen molar-refractivity contribution in [1.29, 1.82) is 0 Å². The highest BCUT2D eigenvalue weighted by Gasteiger charge is 2.22. The maximum absolute atomic E-state index is 13.8. The molecule has 0 bridgehead atoms. The Kier molecular flexibility index (Phi) is 11.6. The summed E-state index contributed by atoms with van der Waals surface area (Å²) < 4.78 is 22.8. The number of fused-ring (bicyclic) bond motifs is 4. The average Bonchev–Trinajstić information content (AvgIpc) is 3.88. The zero-order chi connectivity index (χ0) is 49.0. The van der Waals surface area contributed by atoms with Crippen LogP contribution in [0.2, 0.25) is 0 Å². The Labute approximate surface area is 400 Å². The zero-order valence-electron chi connectivity index (χ0n) is 39.3. The standard InChI is InChI=1S/C56H48N6O8/c1-30-21-38(32(3)58-42-13-9-7-11-36(42)55(65)66)53-41(23-30)49(64)28-51(70-53)35-16-18-45-47(26-35)62(6)52(60-45)19-20-68-56(67)37-12-8-10-14-43(37)59-33(4)39-22-31(2)24-40-48(63)27-50(69-54(39)40)34-15-17-44-46(25-34)61(5)29-57-44/h7-18,21-29,32-33,58-59H,19-20H2,1-6H3,(H,65,66). The van der Waals surface area contributed by atoms with Crippen LogP contribution in [0.25, 0.3) is 66.7 Å². The molecule has 0 aliphatic carbocycles. The summed E-state index contributed by atoms with van der Waals surface area (Å²) in [5.74, 6) is -0.0708. The van der Waals surface area contributed by atoms with E-state index in [0.717, 1.165) is 38.8 Å². The van der Waals surface area contributed by atoms with Crippen LogP contribution in [0.5, 0.6) is 0 Å². The van der Waals surface area contributed by atoms with E-state index in [1.165, 1.54) is 18.2 Å². The first-order valence-electron chi connectivity index (χ1n) is 22.9. The predicted molar refractivity (Wildman–Crippen MR) is 272 cm³/mol. The van der Waals surface area contributed by atoms with Gasteiger partial charge in [0, 0.05) is 66.3 Å². The molecule has 10 rings (SSSR count). The van der Waals surface area contributed by atoms with Crippen LogP contribution >= 0.6 is 0 Å². The number of aromatic carboxylic acids is 1. The second-order valence-electron chi connectivity index (χ2n) is 17.8. The number of para-hydroxylation sites is 2. The van der Waals surface area contributed by atoms with Crippen molar-refractivity contribution < 1.29 is 28.3 Å². The van der Waals surface area contributed by atoms with E-state index in [9.17, 15) is 24.3 Å². The molecule has 0 fully saturated rings. The molecule has 0 saturated carbocycles. The van der Waals surface area contributed by atoms with Gasteiger partial charge in [-0.05, 0) is 112 Å². The fourth-order valence-electron chi connectivity index (χ4n) is 9.21. The van der Waals surface area contributed by atoms with Crippen LogP contribution in [0.3, 0.4) is 0 Å². The third kappa shape index (κ3) is 8.44. The number of esters is 1. The van der Waals surface area contributed by atoms with E-state index >= 15 is 0 Å². The lowest BCUT2D eigenvalue weighted by Gasteiger charge is -2.20. The molecular formula is C56H48N6O8. The number of carbonyl (C=O) groups excluding carboxylic acids is 1. The quantitative estimate of drug-likeness (QED) is 0.0931. The second kappa shape index (κ2) is 18.0. The van der Waals surface area contributed by atoms with E-state index in [4.69, 9.17) is 18.6 Å². The fraction of sp³-hybridized carbons (Fsp3) is 0.179. The maximum atomic E-state index is 13.8. The van der Waals surface area contributed by atoms with E-state index in [0.29, 0.717) is 79.3 Å². The van der Waals surface area contributed by atoms with Gasteiger partial charge in [0.1, 0.15) is 28.5 Å². The average molecular weight is 933 g/mol. The Balaban J connectivity index is 0.862. The molecule has 2 unspecified atom stereocenters. The minimum absolute atomic E-state index is 0.0543. The first-order valence-corrected chi connectivity index (χ1v) is 22.9. The molecule has 14 heteroatoms. The smallest absolute Gasteiger partial charge is 0.340 e. The molecule has 4 aromatic heterocycles. The van der Waals surface area contributed by atoms with Crippen molar-refractivity contribution in [2.24, 2.45) is 14.1 Å². The van der Waals surface area contributed by atoms with Crippen LogP contribution in [0.15, 0.2) is 146 Å². The van der Waals surface area contributed by atoms with Gasteiger partial charge in [0.05, 0.1) is 69.0 Å². The normalized spacial score (nSPS) is 12.4. The molecule has 0 aliphatic rings. The molecule has 0 spiro atoms. The van der Waals surface area contributed by atoms with E-state index in [1.807, 2.05) is 118 Å². The molecule has 0 radical (unpaired) electrons. The highest BCUT2D eigenvalue weighted by Crippen LogP contribution is 2.35. The third-order valence-electron chi connectivity index (χ3n) is 12.8. The van der Waals surface area contributed by atoms with E-state index in [2.05, 4.69) is 15.6 Å². The summed E-state index contributed by atoms with van der Waals surface area (Å²) in [6, 6.07) is 34.9. The number of carboxylic acids is 1. The number of carbonyl (C=O) groups is 2. The molecule has 10 aromatic rings. The van der Waals surface area contributed by atoms with Gasteiger partial charge in [-0.3, -0.25) is 9.59 Å². The van der Waals surface area contributed by atoms with Gasteiger partial charge in [0.25, 0.3) is 0 Å². The molecule has 0 saturated heterocycles. The number of hydrogen-bond donors (Lipinski definition) is 3. The topological polar surface area (TPSA) is 184 Å². The van der Waals surface area contributed by atoms with Crippen molar-refractivity contribution in [3.8, 4) is 22.6 Å². The lowest BCUT2D eigenvalue weighted by molar-refractivity contribution is 0.0507. The number of hydrogen-bond acceptors (Lipinski definition) is 11. The van der Waals surface area contributed by atoms with Crippen molar-refractivity contribution in [1.82, 2.24) is 19.1 Å². The summed E-state index contributed by atoms with van der Waals surface area (Å²) in [7, 11) is 3.80. The Hall–Kier alpha value is -8.78. The minimum Gasteiger partial charge on any atom is -0.478 e. The van der Waals surface area contributed by atoms with Crippen LogP contribution in [0, 0.1) is 13.8 Å². The molecular weight excluding hydrogens is 885 g/mol. The SMILES string of the molecule is Cc1cc(C(C)Nc2ccccc2C(=O)O)c2oc(-c3ccc4nc(CCOC(=O)c5ccccc5NC(C)c5cc(C)cc6c(=O)cc(-c7ccc8ncn(C)c8c7)oc56)n(C)c4c3)cc(=O)c2c1. The highest BCUT2D eigenvalue weighted by atomic mass is 16.5. The largest absolute Gasteiger partial charge is 0.478 e. The monoisotopic (exact) mass is 932 g/mol. The van der Waals surface area contributed by atoms with Gasteiger partial charge in [0.15, 0.2) is 10.9 Å². The van der Waals surface area contributed by atoms with Gasteiger partial charge in [-0.1, -0.05) is 36.4 Å². The first-order chi connectivity index (χ1) is 33.7. The Morgan fingerprint density at radius 2 is 1.20 bits per heavy atom. The molecule has 350 valence electrons. The molecule has 6 aromatic carbocycles. The van der Waals surface area contributed by atoms with E-state index in [1.54, 1.807) is 42.7 Å². The lowest BCUT2D eigenvalue weighted by Crippen LogP contribution is -2.15. The molecule has 4 heterocycles. The van der Waals surface area contributed by atoms with Crippen LogP contribution in [-0.4, -0.2) is 42.8 Å². The number of imidazole rings is 2. The Morgan fingerprint density at radius 3 is 1.79 bits per heavy atom. The van der Waals surface area contributed by atoms with Gasteiger partial charge in [-0.2, -0.15) is 0 Å². The lowest BCUT2D eigenvalue weighted by atomic mass is 10.00. The van der Waals surface area contributed by atoms with Gasteiger partial charge in [0.2, 0.25) is 0 Å². The molecule has 0 amide bonds. The van der Waals surface area contributed by atoms with Gasteiger partial charge in [-0.25, -0.2) is 19.6 Å². The van der Waals surface area contributed by atoms with E-state index in [-0.39, 0.29) is 29.1 Å². The molecule has 14 nitrogen and oxygen atoms in total. The van der Waals surface area contributed by atoms with Crippen LogP contribution in [0.4, 0.5) is 11.4 Å². The number of rotatable bonds is 13. The van der Waals surface area contributed by atoms with Crippen LogP contribution in [-0.2, 0) is 25.3 Å². The maximum Gasteiger partial charge on any atom is 0.340 e. The van der Waals surface area contributed by atoms with Crippen LogP contribution in [0.1, 0.15) is 74.7 Å². The number of carboxylic acid groups (broad SMARTS) is 1. The number of aryl methyl sites for hydroxylation is 4. The van der Waals surface area contributed by atoms with Gasteiger partial charge >= 0.3 is 11.9 Å². The fourth-order valence-corrected chi connectivity index (χ4v) is 9.21. The van der Waals surface area contributed by atoms with Crippen molar-refractivity contribution in [3.63, 3.8) is 0 Å². The number of nitrogens with one attached hydrogen (secondary N) is 2. The second-order valence-corrected chi connectivity index (χ2v) is 17.8. The summed E-state index contributed by atoms with van der Waals surface area (Å²) in [4.78, 5) is 62.2. The summed E-state index contributed by atoms with van der Waals surface area (Å²) >= 11 is 0. The summed E-state index contributed by atoms with van der Waals surface area (Å²) in [6.45, 7) is 7.74. The summed E-state index contributed by atoms with van der Waals surface area (Å²) in [6.07, 6.45) is 2.07. The molecule has 2 atom stereocenters. The Morgan fingerprint density at radius 1 is 0.671 bits per heavy atom. The van der Waals surface area contributed by atoms with Crippen molar-refractivity contribution in [2.45, 2.75) is 46.2 Å². The van der Waals surface area contributed by atoms with Gasteiger partial charge < -0.3 is 38.4 Å². The highest BCUT2D eigenvalue weighted by molar-refractivity contribution is 5.96. The number of ether oxygens (including phenoxy) is 1. The summed E-state index contributed by atoms with van der Waals surface area (Å²) in [5, 5.41) is 17.5. The Bertz CT molecular complexity index is 3860. The van der Waals surface area contributed by atoms with E-state index < -0.39 is 18.0 Å². The molecule has 70 heavy (non-hydrogen) atoms. The predicted octanol–water partition coefficient (Wildman–Crippen LogP) is 11.1. The number of benzene rings is 6. The first kappa shape index (κ1) is 45.0. The minimum atomic E-state index is -1.05. The van der Waals surface area contributed by atoms with Gasteiger partial charge in [-0.15, -0.1) is 0 Å². The van der Waals surface area contributed by atoms with Crippen molar-refractivity contribution in [2.75, 3.05) is 17.2 Å². The number of nitrogens with zero attached hydrogens (tertiary/aromatic N) is 4. The summed E-state index contributed by atoms with van der Waals surface area (Å²) in [5.41, 5.74) is 9.88. The number of anilines is 2. The molecule has 3 N–H and O–H groups in total. The third-order valence-corrected chi connectivity index (χ3v) is 12.8. The van der Waals surface area contributed by atoms with Crippen molar-refractivity contribution >= 4 is 67.3 Å². The zero-order valence-corrected chi connectivity index (χ0v) is 39.3. The van der Waals surface area contributed by atoms with Crippen molar-refractivity contribution in [3.05, 3.63) is 187 Å². The van der Waals surface area contributed by atoms with Crippen LogP contribution < -0.4 is 21.5 Å². The number of aromatic nitrogens is 4. The molecule has 0 aliphatic heterocycles.